The second kappa shape index (κ2) is 8.17. The van der Waals surface area contributed by atoms with Crippen molar-refractivity contribution in [3.8, 4) is 5.75 Å². The third-order valence-electron chi connectivity index (χ3n) is 3.38. The number of anilines is 1. The number of benzene rings is 1. The highest BCUT2D eigenvalue weighted by Crippen LogP contribution is 2.24. The number of alkyl halides is 3. The van der Waals surface area contributed by atoms with E-state index in [9.17, 15) is 22.8 Å². The molecule has 1 atom stereocenters. The Morgan fingerprint density at radius 2 is 2.04 bits per heavy atom. The summed E-state index contributed by atoms with van der Waals surface area (Å²) in [5.74, 6) is -1.31. The summed E-state index contributed by atoms with van der Waals surface area (Å²) in [7, 11) is 0. The third kappa shape index (κ3) is 5.91. The maximum atomic E-state index is 12.1. The molecule has 2 amide bonds. The average Bonchev–Trinajstić information content (AvgIpc) is 2.52. The van der Waals surface area contributed by atoms with Crippen LogP contribution in [-0.4, -0.2) is 60.6 Å². The predicted octanol–water partition coefficient (Wildman–Crippen LogP) is 1.13. The number of amides is 2. The van der Waals surface area contributed by atoms with Gasteiger partial charge >= 0.3 is 6.36 Å². The van der Waals surface area contributed by atoms with Gasteiger partial charge in [0.05, 0.1) is 19.6 Å². The second-order valence-corrected chi connectivity index (χ2v) is 5.23. The lowest BCUT2D eigenvalue weighted by molar-refractivity contribution is -0.274. The number of β-amino-alcohol motifs (C(OH)–C–C–N with tert-alkyl or cyclic N) is 1. The first kappa shape index (κ1) is 19.0. The molecule has 7 nitrogen and oxygen atoms in total. The van der Waals surface area contributed by atoms with E-state index in [1.807, 2.05) is 0 Å². The Balaban J connectivity index is 1.88. The van der Waals surface area contributed by atoms with E-state index in [4.69, 9.17) is 9.84 Å². The molecule has 1 aliphatic heterocycles. The first-order valence-corrected chi connectivity index (χ1v) is 7.45. The molecular formula is C15H17F3N2O5. The summed E-state index contributed by atoms with van der Waals surface area (Å²) < 4.78 is 45.2. The molecule has 1 saturated heterocycles. The van der Waals surface area contributed by atoms with Crippen LogP contribution in [0.3, 0.4) is 0 Å². The van der Waals surface area contributed by atoms with Gasteiger partial charge in [-0.05, 0) is 24.3 Å². The van der Waals surface area contributed by atoms with Crippen molar-refractivity contribution in [2.75, 3.05) is 31.6 Å². The molecule has 0 aromatic heterocycles. The average molecular weight is 362 g/mol. The molecule has 1 heterocycles. The van der Waals surface area contributed by atoms with Crippen LogP contribution in [0, 0.1) is 0 Å². The molecule has 1 unspecified atom stereocenters. The van der Waals surface area contributed by atoms with Crippen molar-refractivity contribution < 1.29 is 37.3 Å². The van der Waals surface area contributed by atoms with E-state index in [0.29, 0.717) is 6.54 Å². The Bertz CT molecular complexity index is 604. The number of aliphatic hydroxyl groups is 1. The summed E-state index contributed by atoms with van der Waals surface area (Å²) in [6.07, 6.45) is -5.97. The van der Waals surface area contributed by atoms with Gasteiger partial charge in [0.1, 0.15) is 11.9 Å². The number of aliphatic hydroxyl groups excluding tert-OH is 1. The Hall–Kier alpha value is -2.33. The zero-order valence-corrected chi connectivity index (χ0v) is 13.1. The number of rotatable bonds is 6. The smallest absolute Gasteiger partial charge is 0.406 e. The van der Waals surface area contributed by atoms with Gasteiger partial charge in [0.2, 0.25) is 5.91 Å². The van der Waals surface area contributed by atoms with Gasteiger partial charge < -0.3 is 24.8 Å². The molecule has 25 heavy (non-hydrogen) atoms. The normalized spacial score (nSPS) is 18.2. The SMILES string of the molecule is O=C(CC1OCCN(CCO)C1=O)Nc1ccc(OC(F)(F)F)cc1. The maximum absolute atomic E-state index is 12.1. The van der Waals surface area contributed by atoms with Crippen molar-refractivity contribution in [2.45, 2.75) is 18.9 Å². The molecular weight excluding hydrogens is 345 g/mol. The summed E-state index contributed by atoms with van der Waals surface area (Å²) in [6, 6.07) is 4.63. The molecule has 2 N–H and O–H groups in total. The fraction of sp³-hybridized carbons (Fsp3) is 0.467. The summed E-state index contributed by atoms with van der Waals surface area (Å²) in [5, 5.41) is 11.4. The number of morpholine rings is 1. The summed E-state index contributed by atoms with van der Waals surface area (Å²) in [5.41, 5.74) is 0.259. The predicted molar refractivity (Wildman–Crippen MR) is 79.8 cm³/mol. The van der Waals surface area contributed by atoms with Gasteiger partial charge in [0.15, 0.2) is 0 Å². The van der Waals surface area contributed by atoms with Crippen LogP contribution in [0.4, 0.5) is 18.9 Å². The number of nitrogens with one attached hydrogen (secondary N) is 1. The standard InChI is InChI=1S/C15H17F3N2O5/c16-15(17,18)25-11-3-1-10(2-4-11)19-13(22)9-12-14(23)20(5-7-21)6-8-24-12/h1-4,12,21H,5-9H2,(H,19,22). The molecule has 2 rings (SSSR count). The van der Waals surface area contributed by atoms with Crippen molar-refractivity contribution in [1.82, 2.24) is 4.90 Å². The van der Waals surface area contributed by atoms with Crippen LogP contribution in [-0.2, 0) is 14.3 Å². The molecule has 10 heteroatoms. The third-order valence-corrected chi connectivity index (χ3v) is 3.38. The molecule has 0 spiro atoms. The van der Waals surface area contributed by atoms with Crippen LogP contribution in [0.25, 0.3) is 0 Å². The van der Waals surface area contributed by atoms with Gasteiger partial charge in [0.25, 0.3) is 5.91 Å². The highest BCUT2D eigenvalue weighted by molar-refractivity contribution is 5.95. The number of hydrogen-bond acceptors (Lipinski definition) is 5. The fourth-order valence-electron chi connectivity index (χ4n) is 2.30. The van der Waals surface area contributed by atoms with E-state index in [2.05, 4.69) is 10.1 Å². The van der Waals surface area contributed by atoms with Gasteiger partial charge in [0, 0.05) is 18.8 Å². The Kier molecular flexibility index (Phi) is 6.21. The number of carbonyl (C=O) groups is 2. The zero-order chi connectivity index (χ0) is 18.4. The van der Waals surface area contributed by atoms with Gasteiger partial charge in [-0.2, -0.15) is 0 Å². The van der Waals surface area contributed by atoms with Crippen molar-refractivity contribution >= 4 is 17.5 Å². The molecule has 1 aliphatic rings. The second-order valence-electron chi connectivity index (χ2n) is 5.23. The molecule has 0 radical (unpaired) electrons. The number of nitrogens with zero attached hydrogens (tertiary/aromatic N) is 1. The highest BCUT2D eigenvalue weighted by atomic mass is 19.4. The van der Waals surface area contributed by atoms with Gasteiger partial charge in [-0.3, -0.25) is 9.59 Å². The summed E-state index contributed by atoms with van der Waals surface area (Å²) >= 11 is 0. The van der Waals surface area contributed by atoms with Gasteiger partial charge in [-0.1, -0.05) is 0 Å². The topological polar surface area (TPSA) is 88.1 Å². The Morgan fingerprint density at radius 1 is 1.36 bits per heavy atom. The minimum atomic E-state index is -4.79. The van der Waals surface area contributed by atoms with Gasteiger partial charge in [-0.25, -0.2) is 0 Å². The number of halogens is 3. The first-order valence-electron chi connectivity index (χ1n) is 7.45. The number of carbonyl (C=O) groups excluding carboxylic acids is 2. The van der Waals surface area contributed by atoms with Gasteiger partial charge in [-0.15, -0.1) is 13.2 Å². The van der Waals surface area contributed by atoms with Crippen LogP contribution in [0.15, 0.2) is 24.3 Å². The van der Waals surface area contributed by atoms with Crippen molar-refractivity contribution in [3.05, 3.63) is 24.3 Å². The quantitative estimate of drug-likeness (QED) is 0.792. The molecule has 1 aromatic rings. The zero-order valence-electron chi connectivity index (χ0n) is 13.1. The molecule has 0 bridgehead atoms. The van der Waals surface area contributed by atoms with Crippen molar-refractivity contribution in [3.63, 3.8) is 0 Å². The molecule has 0 aliphatic carbocycles. The summed E-state index contributed by atoms with van der Waals surface area (Å²) in [4.78, 5) is 25.5. The number of hydrogen-bond donors (Lipinski definition) is 2. The van der Waals surface area contributed by atoms with E-state index in [1.54, 1.807) is 0 Å². The Morgan fingerprint density at radius 3 is 2.64 bits per heavy atom. The molecule has 1 aromatic carbocycles. The lowest BCUT2D eigenvalue weighted by Gasteiger charge is -2.31. The monoisotopic (exact) mass is 362 g/mol. The minimum Gasteiger partial charge on any atom is -0.406 e. The molecule has 0 saturated carbocycles. The van der Waals surface area contributed by atoms with Crippen LogP contribution in [0.2, 0.25) is 0 Å². The van der Waals surface area contributed by atoms with E-state index in [0.717, 1.165) is 12.1 Å². The molecule has 138 valence electrons. The summed E-state index contributed by atoms with van der Waals surface area (Å²) in [6.45, 7) is 0.587. The lowest BCUT2D eigenvalue weighted by atomic mass is 10.1. The first-order chi connectivity index (χ1) is 11.8. The molecule has 1 fully saturated rings. The van der Waals surface area contributed by atoms with E-state index >= 15 is 0 Å². The fourth-order valence-corrected chi connectivity index (χ4v) is 2.30. The van der Waals surface area contributed by atoms with E-state index in [-0.39, 0.29) is 37.8 Å². The van der Waals surface area contributed by atoms with E-state index in [1.165, 1.54) is 17.0 Å². The van der Waals surface area contributed by atoms with Crippen molar-refractivity contribution in [1.29, 1.82) is 0 Å². The Labute approximate surface area is 141 Å². The van der Waals surface area contributed by atoms with E-state index < -0.39 is 24.1 Å². The minimum absolute atomic E-state index is 0.168. The maximum Gasteiger partial charge on any atom is 0.573 e. The lowest BCUT2D eigenvalue weighted by Crippen LogP contribution is -2.49. The van der Waals surface area contributed by atoms with Crippen LogP contribution < -0.4 is 10.1 Å². The van der Waals surface area contributed by atoms with Crippen LogP contribution in [0.1, 0.15) is 6.42 Å². The van der Waals surface area contributed by atoms with Crippen LogP contribution in [0.5, 0.6) is 5.75 Å². The highest BCUT2D eigenvalue weighted by Gasteiger charge is 2.32. The largest absolute Gasteiger partial charge is 0.573 e. The van der Waals surface area contributed by atoms with Crippen molar-refractivity contribution in [2.24, 2.45) is 0 Å². The number of ether oxygens (including phenoxy) is 2. The van der Waals surface area contributed by atoms with Crippen LogP contribution >= 0.6 is 0 Å².